The minimum Gasteiger partial charge on any atom is -0.354 e. The number of aryl methyl sites for hydroxylation is 1. The maximum Gasteiger partial charge on any atom is 0.270 e. The number of hydrogen-bond donors (Lipinski definition) is 2. The quantitative estimate of drug-likeness (QED) is 0.818. The molecule has 2 rings (SSSR count). The molecule has 2 N–H and O–H groups in total. The first kappa shape index (κ1) is 17.8. The largest absolute Gasteiger partial charge is 0.354 e. The van der Waals surface area contributed by atoms with E-state index in [0.717, 1.165) is 17.7 Å². The maximum atomic E-state index is 12.9. The molecule has 2 aromatic rings. The van der Waals surface area contributed by atoms with Crippen molar-refractivity contribution in [1.82, 2.24) is 15.3 Å². The Morgan fingerprint density at radius 2 is 1.96 bits per heavy atom. The van der Waals surface area contributed by atoms with Crippen LogP contribution in [0.1, 0.15) is 42.0 Å². The van der Waals surface area contributed by atoms with E-state index in [0.29, 0.717) is 24.6 Å². The van der Waals surface area contributed by atoms with E-state index in [4.69, 9.17) is 0 Å². The molecule has 0 bridgehead atoms. The number of carbonyl (C=O) groups is 1. The van der Waals surface area contributed by atoms with E-state index >= 15 is 0 Å². The van der Waals surface area contributed by atoms with E-state index in [-0.39, 0.29) is 17.8 Å². The van der Waals surface area contributed by atoms with Gasteiger partial charge in [-0.2, -0.15) is 0 Å². The van der Waals surface area contributed by atoms with Gasteiger partial charge in [-0.1, -0.05) is 19.1 Å². The fourth-order valence-corrected chi connectivity index (χ4v) is 2.13. The Kier molecular flexibility index (Phi) is 6.23. The highest BCUT2D eigenvalue weighted by atomic mass is 19.1. The molecule has 0 saturated heterocycles. The van der Waals surface area contributed by atoms with Crippen molar-refractivity contribution in [3.8, 4) is 0 Å². The van der Waals surface area contributed by atoms with E-state index in [1.54, 1.807) is 18.2 Å². The topological polar surface area (TPSA) is 66.9 Å². The molecule has 5 nitrogen and oxygen atoms in total. The zero-order valence-electron chi connectivity index (χ0n) is 14.3. The van der Waals surface area contributed by atoms with E-state index in [1.165, 1.54) is 12.1 Å². The molecule has 0 aliphatic carbocycles. The van der Waals surface area contributed by atoms with Gasteiger partial charge in [0.1, 0.15) is 11.5 Å². The van der Waals surface area contributed by atoms with Crippen LogP contribution >= 0.6 is 0 Å². The Bertz CT molecular complexity index is 688. The smallest absolute Gasteiger partial charge is 0.270 e. The summed E-state index contributed by atoms with van der Waals surface area (Å²) in [6, 6.07) is 8.15. The van der Waals surface area contributed by atoms with Crippen LogP contribution in [0.4, 0.5) is 10.3 Å². The van der Waals surface area contributed by atoms with Gasteiger partial charge in [0.05, 0.1) is 0 Å². The highest BCUT2D eigenvalue weighted by molar-refractivity contribution is 5.92. The fourth-order valence-electron chi connectivity index (χ4n) is 2.13. The van der Waals surface area contributed by atoms with Crippen LogP contribution in [0.25, 0.3) is 0 Å². The Labute approximate surface area is 141 Å². The van der Waals surface area contributed by atoms with Crippen molar-refractivity contribution in [2.24, 2.45) is 0 Å². The maximum absolute atomic E-state index is 12.9. The van der Waals surface area contributed by atoms with Crippen LogP contribution in [0.15, 0.2) is 30.3 Å². The van der Waals surface area contributed by atoms with Gasteiger partial charge in [0, 0.05) is 18.3 Å². The summed E-state index contributed by atoms with van der Waals surface area (Å²) in [4.78, 5) is 20.8. The lowest BCUT2D eigenvalue weighted by atomic mass is 10.1. The van der Waals surface area contributed by atoms with Gasteiger partial charge in [0.2, 0.25) is 5.95 Å². The molecule has 0 radical (unpaired) electrons. The molecule has 1 aromatic heterocycles. The summed E-state index contributed by atoms with van der Waals surface area (Å²) in [5, 5.41) is 6.01. The molecule has 128 valence electrons. The molecular formula is C18H23FN4O. The van der Waals surface area contributed by atoms with Gasteiger partial charge in [-0.3, -0.25) is 4.79 Å². The van der Waals surface area contributed by atoms with Crippen molar-refractivity contribution in [2.45, 2.75) is 39.7 Å². The summed E-state index contributed by atoms with van der Waals surface area (Å²) < 4.78 is 12.9. The second-order valence-electron chi connectivity index (χ2n) is 5.80. The van der Waals surface area contributed by atoms with Crippen molar-refractivity contribution in [2.75, 3.05) is 11.9 Å². The third-order valence-electron chi connectivity index (χ3n) is 3.69. The molecule has 24 heavy (non-hydrogen) atoms. The third-order valence-corrected chi connectivity index (χ3v) is 3.69. The molecule has 1 amide bonds. The number of anilines is 1. The Balaban J connectivity index is 1.97. The van der Waals surface area contributed by atoms with Crippen LogP contribution in [-0.4, -0.2) is 28.5 Å². The molecule has 0 aliphatic heterocycles. The van der Waals surface area contributed by atoms with Crippen LogP contribution in [-0.2, 0) is 6.42 Å². The van der Waals surface area contributed by atoms with Crippen molar-refractivity contribution in [3.63, 3.8) is 0 Å². The predicted octanol–water partition coefficient (Wildman–Crippen LogP) is 3.11. The molecule has 0 saturated carbocycles. The van der Waals surface area contributed by atoms with E-state index in [2.05, 4.69) is 20.6 Å². The number of nitrogens with zero attached hydrogens (tertiary/aromatic N) is 2. The van der Waals surface area contributed by atoms with E-state index in [9.17, 15) is 9.18 Å². The molecule has 6 heteroatoms. The van der Waals surface area contributed by atoms with Gasteiger partial charge in [-0.25, -0.2) is 14.4 Å². The summed E-state index contributed by atoms with van der Waals surface area (Å²) in [7, 11) is 0. The molecule has 0 spiro atoms. The lowest BCUT2D eigenvalue weighted by molar-refractivity contribution is 0.0934. The average molecular weight is 330 g/mol. The molecule has 1 aromatic carbocycles. The van der Waals surface area contributed by atoms with Crippen LogP contribution in [0.5, 0.6) is 0 Å². The van der Waals surface area contributed by atoms with E-state index in [1.807, 2.05) is 20.8 Å². The number of amides is 1. The molecule has 1 heterocycles. The van der Waals surface area contributed by atoms with Gasteiger partial charge in [-0.15, -0.1) is 0 Å². The Morgan fingerprint density at radius 3 is 2.62 bits per heavy atom. The Hall–Kier alpha value is -2.50. The van der Waals surface area contributed by atoms with Crippen LogP contribution < -0.4 is 10.6 Å². The summed E-state index contributed by atoms with van der Waals surface area (Å²) >= 11 is 0. The number of nitrogens with one attached hydrogen (secondary N) is 2. The lowest BCUT2D eigenvalue weighted by Gasteiger charge is -2.12. The normalized spacial score (nSPS) is 11.8. The monoisotopic (exact) mass is 330 g/mol. The first-order valence-electron chi connectivity index (χ1n) is 8.12. The first-order valence-corrected chi connectivity index (χ1v) is 8.12. The van der Waals surface area contributed by atoms with Gasteiger partial charge in [0.15, 0.2) is 0 Å². The summed E-state index contributed by atoms with van der Waals surface area (Å²) in [5.74, 6) is -0.0199. The minimum absolute atomic E-state index is 0.0997. The van der Waals surface area contributed by atoms with Crippen molar-refractivity contribution >= 4 is 11.9 Å². The number of aromatic nitrogens is 2. The zero-order chi connectivity index (χ0) is 17.5. The number of hydrogen-bond acceptors (Lipinski definition) is 4. The Morgan fingerprint density at radius 1 is 1.25 bits per heavy atom. The molecule has 0 fully saturated rings. The van der Waals surface area contributed by atoms with Crippen LogP contribution in [0.2, 0.25) is 0 Å². The van der Waals surface area contributed by atoms with Gasteiger partial charge >= 0.3 is 0 Å². The fraction of sp³-hybridized carbons (Fsp3) is 0.389. The molecule has 0 aliphatic rings. The van der Waals surface area contributed by atoms with Gasteiger partial charge in [0.25, 0.3) is 5.91 Å². The zero-order valence-corrected chi connectivity index (χ0v) is 14.3. The number of carbonyl (C=O) groups excluding carboxylic acids is 1. The second kappa shape index (κ2) is 8.38. The SMILES string of the molecule is CCC(C)NC(=O)c1cc(C)nc(NCCc2ccc(F)cc2)n1. The highest BCUT2D eigenvalue weighted by Gasteiger charge is 2.12. The minimum atomic E-state index is -0.245. The number of rotatable bonds is 7. The van der Waals surface area contributed by atoms with Gasteiger partial charge < -0.3 is 10.6 Å². The number of halogens is 1. The second-order valence-corrected chi connectivity index (χ2v) is 5.80. The van der Waals surface area contributed by atoms with Crippen molar-refractivity contribution in [1.29, 1.82) is 0 Å². The van der Waals surface area contributed by atoms with Crippen molar-refractivity contribution in [3.05, 3.63) is 53.1 Å². The number of benzene rings is 1. The molecule has 1 unspecified atom stereocenters. The first-order chi connectivity index (χ1) is 11.5. The summed E-state index contributed by atoms with van der Waals surface area (Å²) in [6.45, 7) is 6.39. The predicted molar refractivity (Wildman–Crippen MR) is 92.6 cm³/mol. The van der Waals surface area contributed by atoms with Gasteiger partial charge in [-0.05, 0) is 50.5 Å². The summed E-state index contributed by atoms with van der Waals surface area (Å²) in [5.41, 5.74) is 2.10. The van der Waals surface area contributed by atoms with Crippen LogP contribution in [0.3, 0.4) is 0 Å². The average Bonchev–Trinajstić information content (AvgIpc) is 2.56. The lowest BCUT2D eigenvalue weighted by Crippen LogP contribution is -2.32. The molecular weight excluding hydrogens is 307 g/mol. The highest BCUT2D eigenvalue weighted by Crippen LogP contribution is 2.07. The summed E-state index contributed by atoms with van der Waals surface area (Å²) in [6.07, 6.45) is 1.57. The van der Waals surface area contributed by atoms with Crippen LogP contribution in [0, 0.1) is 12.7 Å². The third kappa shape index (κ3) is 5.30. The standard InChI is InChI=1S/C18H23FN4O/c1-4-12(2)21-17(24)16-11-13(3)22-18(23-16)20-10-9-14-5-7-15(19)8-6-14/h5-8,11-12H,4,9-10H2,1-3H3,(H,21,24)(H,20,22,23). The molecule has 1 atom stereocenters. The van der Waals surface area contributed by atoms with Crippen molar-refractivity contribution < 1.29 is 9.18 Å². The van der Waals surface area contributed by atoms with E-state index < -0.39 is 0 Å².